The first-order chi connectivity index (χ1) is 9.63. The minimum absolute atomic E-state index is 0.0586. The number of halogens is 5. The number of aryl methyl sites for hydroxylation is 1. The zero-order valence-electron chi connectivity index (χ0n) is 10.8. The Morgan fingerprint density at radius 3 is 2.33 bits per heavy atom. The van der Waals surface area contributed by atoms with Crippen LogP contribution in [-0.4, -0.2) is 12.2 Å². The number of hydrogen-bond acceptors (Lipinski definition) is 2. The van der Waals surface area contributed by atoms with Crippen molar-refractivity contribution in [1.29, 1.82) is 0 Å². The van der Waals surface area contributed by atoms with Gasteiger partial charge in [-0.1, -0.05) is 11.6 Å². The molecule has 1 aromatic carbocycles. The Labute approximate surface area is 122 Å². The maximum Gasteiger partial charge on any atom is 0.673 e. The molecule has 0 saturated heterocycles. The highest BCUT2D eigenvalue weighted by Crippen LogP contribution is 2.24. The van der Waals surface area contributed by atoms with E-state index in [1.807, 2.05) is 17.7 Å². The smallest absolute Gasteiger partial charge is 0.418 e. The molecule has 0 spiro atoms. The summed E-state index contributed by atoms with van der Waals surface area (Å²) >= 11 is 6.03. The topological polar surface area (TPSA) is 47.0 Å². The maximum atomic E-state index is 10.7. The fraction of sp³-hybridized carbons (Fsp3) is 0.182. The minimum Gasteiger partial charge on any atom is -0.418 e. The molecule has 0 atom stereocenters. The molecule has 0 aliphatic heterocycles. The van der Waals surface area contributed by atoms with Crippen molar-refractivity contribution in [1.82, 2.24) is 0 Å². The maximum absolute atomic E-state index is 10.7. The summed E-state index contributed by atoms with van der Waals surface area (Å²) in [7, 11) is -6.00. The molecule has 10 heteroatoms. The highest BCUT2D eigenvalue weighted by atomic mass is 35.5. The zero-order valence-corrected chi connectivity index (χ0v) is 11.5. The van der Waals surface area contributed by atoms with Crippen molar-refractivity contribution in [3.8, 4) is 0 Å². The highest BCUT2D eigenvalue weighted by molar-refractivity contribution is 6.50. The number of pyridine rings is 1. The van der Waals surface area contributed by atoms with E-state index in [0.717, 1.165) is 12.1 Å². The van der Waals surface area contributed by atoms with Crippen LogP contribution in [0.2, 0.25) is 5.02 Å². The molecule has 0 amide bonds. The predicted molar refractivity (Wildman–Crippen MR) is 71.7 cm³/mol. The first kappa shape index (κ1) is 17.2. The molecule has 0 radical (unpaired) electrons. The number of benzene rings is 1. The number of nitro benzene ring substituents is 1. The molecule has 4 nitrogen and oxygen atoms in total. The molecule has 2 rings (SSSR count). The minimum atomic E-state index is -6.00. The average molecular weight is 324 g/mol. The molecule has 1 heterocycles. The second kappa shape index (κ2) is 6.71. The van der Waals surface area contributed by atoms with Crippen LogP contribution in [0.25, 0.3) is 10.9 Å². The summed E-state index contributed by atoms with van der Waals surface area (Å²) < 4.78 is 41.0. The molecule has 114 valence electrons. The quantitative estimate of drug-likeness (QED) is 0.275. The molecular weight excluding hydrogens is 314 g/mol. The summed E-state index contributed by atoms with van der Waals surface area (Å²) in [6.45, 7) is 2.81. The molecule has 0 bridgehead atoms. The number of hydrogen-bond donors (Lipinski definition) is 0. The summed E-state index contributed by atoms with van der Waals surface area (Å²) in [5.41, 5.74) is 0.962. The summed E-state index contributed by atoms with van der Waals surface area (Å²) in [5.74, 6) is 0. The van der Waals surface area contributed by atoms with Gasteiger partial charge in [0.2, 0.25) is 5.52 Å². The van der Waals surface area contributed by atoms with E-state index >= 15 is 0 Å². The number of fused-ring (bicyclic) bond motifs is 1. The first-order valence-corrected chi connectivity index (χ1v) is 6.14. The van der Waals surface area contributed by atoms with E-state index in [1.165, 1.54) is 12.1 Å². The highest BCUT2D eigenvalue weighted by Gasteiger charge is 2.20. The lowest BCUT2D eigenvalue weighted by atomic mass is 10.2. The summed E-state index contributed by atoms with van der Waals surface area (Å²) in [6.07, 6.45) is 1.87. The Kier molecular flexibility index (Phi) is 5.48. The van der Waals surface area contributed by atoms with Crippen LogP contribution < -0.4 is 4.57 Å². The van der Waals surface area contributed by atoms with Gasteiger partial charge >= 0.3 is 7.25 Å². The van der Waals surface area contributed by atoms with E-state index in [2.05, 4.69) is 0 Å². The Bertz CT molecular complexity index is 660. The van der Waals surface area contributed by atoms with Crippen molar-refractivity contribution >= 4 is 35.4 Å². The lowest BCUT2D eigenvalue weighted by Crippen LogP contribution is -2.32. The van der Waals surface area contributed by atoms with Crippen molar-refractivity contribution < 1.29 is 26.8 Å². The van der Waals surface area contributed by atoms with Gasteiger partial charge in [-0.2, -0.15) is 4.57 Å². The van der Waals surface area contributed by atoms with Crippen molar-refractivity contribution in [3.63, 3.8) is 0 Å². The Morgan fingerprint density at radius 1 is 1.29 bits per heavy atom. The van der Waals surface area contributed by atoms with Gasteiger partial charge in [0.1, 0.15) is 6.54 Å². The van der Waals surface area contributed by atoms with Gasteiger partial charge in [-0.05, 0) is 6.92 Å². The number of non-ortho nitro benzene ring substituents is 1. The molecule has 21 heavy (non-hydrogen) atoms. The second-order valence-corrected chi connectivity index (χ2v) is 4.31. The average Bonchev–Trinajstić information content (AvgIpc) is 2.37. The normalized spacial score (nSPS) is 11.0. The third kappa shape index (κ3) is 5.18. The van der Waals surface area contributed by atoms with E-state index in [-0.39, 0.29) is 5.69 Å². The largest absolute Gasteiger partial charge is 0.673 e. The van der Waals surface area contributed by atoms with Gasteiger partial charge in [0, 0.05) is 24.3 Å². The predicted octanol–water partition coefficient (Wildman–Crippen LogP) is 4.01. The Morgan fingerprint density at radius 2 is 1.86 bits per heavy atom. The van der Waals surface area contributed by atoms with E-state index in [0.29, 0.717) is 10.4 Å². The molecular formula is C11H10BClF4N2O2. The van der Waals surface area contributed by atoms with Crippen LogP contribution in [-0.2, 0) is 6.54 Å². The monoisotopic (exact) mass is 324 g/mol. The van der Waals surface area contributed by atoms with Gasteiger partial charge < -0.3 is 17.3 Å². The van der Waals surface area contributed by atoms with Crippen molar-refractivity contribution in [3.05, 3.63) is 45.6 Å². The van der Waals surface area contributed by atoms with E-state index in [1.54, 1.807) is 12.1 Å². The third-order valence-corrected chi connectivity index (χ3v) is 2.83. The number of nitrogens with zero attached hydrogens (tertiary/aromatic N) is 2. The van der Waals surface area contributed by atoms with E-state index in [4.69, 9.17) is 11.6 Å². The van der Waals surface area contributed by atoms with Gasteiger partial charge in [-0.15, -0.1) is 0 Å². The molecule has 0 aliphatic rings. The van der Waals surface area contributed by atoms with Crippen LogP contribution in [0.15, 0.2) is 30.5 Å². The fourth-order valence-corrected chi connectivity index (χ4v) is 1.89. The van der Waals surface area contributed by atoms with Crippen LogP contribution in [0, 0.1) is 10.1 Å². The van der Waals surface area contributed by atoms with Gasteiger partial charge in [0.05, 0.1) is 15.3 Å². The van der Waals surface area contributed by atoms with E-state index in [9.17, 15) is 27.4 Å². The lowest BCUT2D eigenvalue weighted by Gasteiger charge is -2.00. The molecule has 0 unspecified atom stereocenters. The second-order valence-electron chi connectivity index (χ2n) is 3.90. The molecule has 1 aromatic heterocycles. The van der Waals surface area contributed by atoms with Gasteiger partial charge in [0.15, 0.2) is 6.20 Å². The van der Waals surface area contributed by atoms with Crippen LogP contribution >= 0.6 is 11.6 Å². The Balaban J connectivity index is 0.000000383. The lowest BCUT2D eigenvalue weighted by molar-refractivity contribution is -0.667. The fourth-order valence-electron chi connectivity index (χ4n) is 1.68. The molecule has 2 aromatic rings. The standard InChI is InChI=1S/C11H10ClN2O2.BF4/c1-2-13-6-5-10(12)9-7-8(14(15)16)3-4-11(9)13;2-1(3,4)5/h3-7H,2H2,1H3;/q+1;-1. The van der Waals surface area contributed by atoms with Crippen molar-refractivity contribution in [2.75, 3.05) is 0 Å². The van der Waals surface area contributed by atoms with Gasteiger partial charge in [0.25, 0.3) is 5.69 Å². The summed E-state index contributed by atoms with van der Waals surface area (Å²) in [5, 5.41) is 11.9. The van der Waals surface area contributed by atoms with Crippen molar-refractivity contribution in [2.45, 2.75) is 13.5 Å². The molecule has 0 fully saturated rings. The zero-order chi connectivity index (χ0) is 16.2. The Hall–Kier alpha value is -1.90. The summed E-state index contributed by atoms with van der Waals surface area (Å²) in [4.78, 5) is 10.2. The van der Waals surface area contributed by atoms with Gasteiger partial charge in [-0.25, -0.2) is 0 Å². The van der Waals surface area contributed by atoms with Crippen LogP contribution in [0.1, 0.15) is 6.92 Å². The van der Waals surface area contributed by atoms with E-state index < -0.39 is 12.2 Å². The first-order valence-electron chi connectivity index (χ1n) is 5.77. The molecule has 0 N–H and O–H groups in total. The third-order valence-electron chi connectivity index (χ3n) is 2.50. The van der Waals surface area contributed by atoms with Crippen molar-refractivity contribution in [2.24, 2.45) is 0 Å². The SMILES string of the molecule is CC[n+]1ccc(Cl)c2cc([N+](=O)[O-])ccc21.F[B-](F)(F)F. The van der Waals surface area contributed by atoms with Crippen LogP contribution in [0.4, 0.5) is 23.0 Å². The van der Waals surface area contributed by atoms with Crippen LogP contribution in [0.3, 0.4) is 0 Å². The number of rotatable bonds is 2. The van der Waals surface area contributed by atoms with Gasteiger partial charge in [-0.3, -0.25) is 10.1 Å². The molecule has 0 saturated carbocycles. The van der Waals surface area contributed by atoms with Crippen LogP contribution in [0.5, 0.6) is 0 Å². The number of aromatic nitrogens is 1. The summed E-state index contributed by atoms with van der Waals surface area (Å²) in [6, 6.07) is 6.47. The molecule has 0 aliphatic carbocycles. The number of nitro groups is 1.